The molecular weight excluding hydrogens is 166 g/mol. The summed E-state index contributed by atoms with van der Waals surface area (Å²) in [6.45, 7) is 2.64. The molecule has 1 aromatic heterocycles. The summed E-state index contributed by atoms with van der Waals surface area (Å²) >= 11 is 0. The van der Waals surface area contributed by atoms with Gasteiger partial charge < -0.3 is 14.5 Å². The summed E-state index contributed by atoms with van der Waals surface area (Å²) in [5, 5.41) is 3.52. The number of ether oxygens (including phenoxy) is 1. The number of rotatable bonds is 0. The minimum Gasteiger partial charge on any atom is -0.467 e. The van der Waals surface area contributed by atoms with Crippen LogP contribution in [0, 0.1) is 0 Å². The second kappa shape index (κ2) is 2.59. The van der Waals surface area contributed by atoms with Crippen molar-refractivity contribution in [2.75, 3.05) is 19.8 Å². The summed E-state index contributed by atoms with van der Waals surface area (Å²) in [6, 6.07) is 2.08. The zero-order valence-corrected chi connectivity index (χ0v) is 7.51. The number of furan rings is 1. The van der Waals surface area contributed by atoms with E-state index in [2.05, 4.69) is 11.4 Å². The summed E-state index contributed by atoms with van der Waals surface area (Å²) < 4.78 is 11.0. The van der Waals surface area contributed by atoms with Crippen molar-refractivity contribution in [2.45, 2.75) is 18.4 Å². The third kappa shape index (κ3) is 0.974. The predicted octanol–water partition coefficient (Wildman–Crippen LogP) is 1.04. The van der Waals surface area contributed by atoms with Gasteiger partial charge in [0.05, 0.1) is 12.9 Å². The topological polar surface area (TPSA) is 34.4 Å². The summed E-state index contributed by atoms with van der Waals surface area (Å²) in [7, 11) is 0. The molecule has 2 aliphatic heterocycles. The second-order valence-corrected chi connectivity index (χ2v) is 3.84. The molecule has 0 aromatic carbocycles. The first-order valence-electron chi connectivity index (χ1n) is 4.80. The summed E-state index contributed by atoms with van der Waals surface area (Å²) in [4.78, 5) is 0. The van der Waals surface area contributed by atoms with E-state index in [9.17, 15) is 0 Å². The molecule has 0 saturated carbocycles. The number of hydrogen-bond donors (Lipinski definition) is 1. The standard InChI is InChI=1S/C10H13NO2/c1-4-11-10(3-6-12-7-10)9-8(1)2-5-13-9/h2,5,11H,1,3-4,6-7H2. The van der Waals surface area contributed by atoms with E-state index in [1.54, 1.807) is 6.26 Å². The maximum atomic E-state index is 5.55. The van der Waals surface area contributed by atoms with Gasteiger partial charge in [-0.3, -0.25) is 0 Å². The van der Waals surface area contributed by atoms with Gasteiger partial charge in [-0.2, -0.15) is 0 Å². The normalized spacial score (nSPS) is 32.3. The minimum atomic E-state index is -0.00289. The fourth-order valence-corrected chi connectivity index (χ4v) is 2.35. The Hall–Kier alpha value is -0.800. The molecule has 70 valence electrons. The molecule has 0 aliphatic carbocycles. The van der Waals surface area contributed by atoms with Gasteiger partial charge in [0.15, 0.2) is 0 Å². The van der Waals surface area contributed by atoms with Gasteiger partial charge in [0.1, 0.15) is 11.3 Å². The van der Waals surface area contributed by atoms with Gasteiger partial charge in [0.25, 0.3) is 0 Å². The largest absolute Gasteiger partial charge is 0.467 e. The molecule has 3 heteroatoms. The van der Waals surface area contributed by atoms with Crippen molar-refractivity contribution >= 4 is 0 Å². The lowest BCUT2D eigenvalue weighted by Crippen LogP contribution is -2.47. The fraction of sp³-hybridized carbons (Fsp3) is 0.600. The first kappa shape index (κ1) is 7.59. The molecule has 3 rings (SSSR count). The molecule has 1 fully saturated rings. The third-order valence-corrected chi connectivity index (χ3v) is 3.06. The molecular formula is C10H13NO2. The zero-order chi connectivity index (χ0) is 8.73. The molecule has 0 radical (unpaired) electrons. The van der Waals surface area contributed by atoms with Crippen molar-refractivity contribution in [3.8, 4) is 0 Å². The fourth-order valence-electron chi connectivity index (χ4n) is 2.35. The molecule has 3 heterocycles. The zero-order valence-electron chi connectivity index (χ0n) is 7.51. The van der Waals surface area contributed by atoms with E-state index in [1.807, 2.05) is 0 Å². The molecule has 1 N–H and O–H groups in total. The Labute approximate surface area is 77.1 Å². The molecule has 1 atom stereocenters. The molecule has 1 aromatic rings. The van der Waals surface area contributed by atoms with Crippen LogP contribution in [-0.4, -0.2) is 19.8 Å². The van der Waals surface area contributed by atoms with Crippen LogP contribution in [0.25, 0.3) is 0 Å². The lowest BCUT2D eigenvalue weighted by atomic mass is 9.88. The SMILES string of the molecule is c1cc2c(o1)C1(CCOC1)NCC2. The van der Waals surface area contributed by atoms with Crippen molar-refractivity contribution in [1.82, 2.24) is 5.32 Å². The van der Waals surface area contributed by atoms with Crippen LogP contribution in [0.5, 0.6) is 0 Å². The van der Waals surface area contributed by atoms with Crippen molar-refractivity contribution in [2.24, 2.45) is 0 Å². The smallest absolute Gasteiger partial charge is 0.129 e. The van der Waals surface area contributed by atoms with Gasteiger partial charge in [-0.15, -0.1) is 0 Å². The maximum Gasteiger partial charge on any atom is 0.129 e. The van der Waals surface area contributed by atoms with Crippen LogP contribution in [0.1, 0.15) is 17.7 Å². The highest BCUT2D eigenvalue weighted by atomic mass is 16.5. The molecule has 3 nitrogen and oxygen atoms in total. The van der Waals surface area contributed by atoms with E-state index < -0.39 is 0 Å². The number of fused-ring (bicyclic) bond motifs is 2. The Morgan fingerprint density at radius 1 is 1.46 bits per heavy atom. The molecule has 1 spiro atoms. The Balaban J connectivity index is 2.08. The van der Waals surface area contributed by atoms with Gasteiger partial charge in [0, 0.05) is 13.2 Å². The van der Waals surface area contributed by atoms with Gasteiger partial charge in [-0.1, -0.05) is 0 Å². The van der Waals surface area contributed by atoms with E-state index in [1.165, 1.54) is 5.56 Å². The van der Waals surface area contributed by atoms with Crippen LogP contribution in [0.15, 0.2) is 16.7 Å². The van der Waals surface area contributed by atoms with Gasteiger partial charge in [-0.05, 0) is 24.5 Å². The van der Waals surface area contributed by atoms with E-state index in [0.29, 0.717) is 0 Å². The van der Waals surface area contributed by atoms with Gasteiger partial charge >= 0.3 is 0 Å². The minimum absolute atomic E-state index is 0.00289. The molecule has 0 amide bonds. The first-order valence-corrected chi connectivity index (χ1v) is 4.80. The van der Waals surface area contributed by atoms with Crippen LogP contribution in [-0.2, 0) is 16.7 Å². The molecule has 2 aliphatic rings. The average Bonchev–Trinajstić information content (AvgIpc) is 2.74. The van der Waals surface area contributed by atoms with Crippen LogP contribution in [0.4, 0.5) is 0 Å². The Morgan fingerprint density at radius 2 is 2.46 bits per heavy atom. The lowest BCUT2D eigenvalue weighted by molar-refractivity contribution is 0.152. The van der Waals surface area contributed by atoms with Crippen molar-refractivity contribution in [3.05, 3.63) is 23.7 Å². The van der Waals surface area contributed by atoms with Crippen molar-refractivity contribution < 1.29 is 9.15 Å². The predicted molar refractivity (Wildman–Crippen MR) is 47.5 cm³/mol. The van der Waals surface area contributed by atoms with Gasteiger partial charge in [0.2, 0.25) is 0 Å². The van der Waals surface area contributed by atoms with E-state index in [4.69, 9.17) is 9.15 Å². The van der Waals surface area contributed by atoms with E-state index >= 15 is 0 Å². The molecule has 0 bridgehead atoms. The van der Waals surface area contributed by atoms with Crippen molar-refractivity contribution in [1.29, 1.82) is 0 Å². The Morgan fingerprint density at radius 3 is 3.31 bits per heavy atom. The van der Waals surface area contributed by atoms with Crippen LogP contribution in [0.2, 0.25) is 0 Å². The molecule has 1 saturated heterocycles. The molecule has 1 unspecified atom stereocenters. The van der Waals surface area contributed by atoms with Crippen LogP contribution < -0.4 is 5.32 Å². The summed E-state index contributed by atoms with van der Waals surface area (Å²) in [5.74, 6) is 1.11. The summed E-state index contributed by atoms with van der Waals surface area (Å²) in [5.41, 5.74) is 1.35. The van der Waals surface area contributed by atoms with E-state index in [0.717, 1.165) is 38.4 Å². The Kier molecular flexibility index (Phi) is 1.51. The third-order valence-electron chi connectivity index (χ3n) is 3.06. The number of nitrogens with one attached hydrogen (secondary N) is 1. The highest BCUT2D eigenvalue weighted by Gasteiger charge is 2.42. The van der Waals surface area contributed by atoms with E-state index in [-0.39, 0.29) is 5.54 Å². The number of hydrogen-bond acceptors (Lipinski definition) is 3. The van der Waals surface area contributed by atoms with Crippen LogP contribution >= 0.6 is 0 Å². The maximum absolute atomic E-state index is 5.55. The highest BCUT2D eigenvalue weighted by Crippen LogP contribution is 2.35. The van der Waals surface area contributed by atoms with Gasteiger partial charge in [-0.25, -0.2) is 0 Å². The monoisotopic (exact) mass is 179 g/mol. The highest BCUT2D eigenvalue weighted by molar-refractivity contribution is 5.29. The summed E-state index contributed by atoms with van der Waals surface area (Å²) in [6.07, 6.45) is 3.90. The first-order chi connectivity index (χ1) is 6.41. The quantitative estimate of drug-likeness (QED) is 0.646. The van der Waals surface area contributed by atoms with Crippen LogP contribution in [0.3, 0.4) is 0 Å². The second-order valence-electron chi connectivity index (χ2n) is 3.84. The average molecular weight is 179 g/mol. The molecule has 13 heavy (non-hydrogen) atoms. The Bertz CT molecular complexity index is 312. The van der Waals surface area contributed by atoms with Crippen molar-refractivity contribution in [3.63, 3.8) is 0 Å². The lowest BCUT2D eigenvalue weighted by Gasteiger charge is -2.31.